The van der Waals surface area contributed by atoms with Crippen LogP contribution in [0, 0.1) is 0 Å². The van der Waals surface area contributed by atoms with Crippen molar-refractivity contribution in [2.45, 2.75) is 11.4 Å². The van der Waals surface area contributed by atoms with Gasteiger partial charge in [-0.2, -0.15) is 5.10 Å². The van der Waals surface area contributed by atoms with Crippen LogP contribution in [0.25, 0.3) is 0 Å². The fourth-order valence-corrected chi connectivity index (χ4v) is 4.55. The number of sulfonamides is 1. The largest absolute Gasteiger partial charge is 0.330 e. The lowest BCUT2D eigenvalue weighted by Gasteiger charge is -2.18. The molecule has 0 fully saturated rings. The number of nitrogens with zero attached hydrogens (tertiary/aromatic N) is 2. The Labute approximate surface area is 201 Å². The van der Waals surface area contributed by atoms with E-state index in [2.05, 4.69) is 15.8 Å². The summed E-state index contributed by atoms with van der Waals surface area (Å²) in [6.45, 7) is 0.319. The number of hydrogen-bond acceptors (Lipinski definition) is 5. The molecule has 1 aliphatic rings. The van der Waals surface area contributed by atoms with E-state index in [1.165, 1.54) is 12.1 Å². The van der Waals surface area contributed by atoms with E-state index in [0.717, 1.165) is 5.56 Å². The first-order chi connectivity index (χ1) is 15.8. The van der Waals surface area contributed by atoms with Crippen LogP contribution in [0.4, 0.5) is 11.4 Å². The van der Waals surface area contributed by atoms with Gasteiger partial charge < -0.3 is 10.2 Å². The van der Waals surface area contributed by atoms with E-state index in [4.69, 9.17) is 29.0 Å². The van der Waals surface area contributed by atoms with Gasteiger partial charge in [0.05, 0.1) is 22.9 Å². The molecule has 0 bridgehead atoms. The van der Waals surface area contributed by atoms with Crippen molar-refractivity contribution in [1.29, 1.82) is 0 Å². The fraction of sp³-hybridized carbons (Fsp3) is 0.0455. The molecular formula is C22H18ClN5O3S2. The normalized spacial score (nSPS) is 14.3. The Hall–Kier alpha value is -3.31. The van der Waals surface area contributed by atoms with E-state index in [1.807, 2.05) is 30.3 Å². The first-order valence-electron chi connectivity index (χ1n) is 9.67. The van der Waals surface area contributed by atoms with Gasteiger partial charge in [-0.3, -0.25) is 10.2 Å². The highest BCUT2D eigenvalue weighted by Crippen LogP contribution is 2.37. The third kappa shape index (κ3) is 4.88. The number of hydrogen-bond donors (Lipinski definition) is 3. The molecule has 0 unspecified atom stereocenters. The Balaban J connectivity index is 1.59. The summed E-state index contributed by atoms with van der Waals surface area (Å²) in [7, 11) is -3.96. The lowest BCUT2D eigenvalue weighted by Crippen LogP contribution is -2.32. The van der Waals surface area contributed by atoms with Gasteiger partial charge in [-0.1, -0.05) is 66.2 Å². The number of anilines is 2. The molecule has 4 N–H and O–H groups in total. The molecule has 3 aromatic carbocycles. The van der Waals surface area contributed by atoms with E-state index >= 15 is 0 Å². The summed E-state index contributed by atoms with van der Waals surface area (Å²) in [4.78, 5) is 14.6. The smallest absolute Gasteiger partial charge is 0.279 e. The van der Waals surface area contributed by atoms with Crippen molar-refractivity contribution in [3.63, 3.8) is 0 Å². The summed E-state index contributed by atoms with van der Waals surface area (Å²) in [5.74, 6) is -0.345. The molecule has 0 aliphatic carbocycles. The molecule has 0 atom stereocenters. The molecule has 3 aromatic rings. The van der Waals surface area contributed by atoms with Crippen molar-refractivity contribution in [1.82, 2.24) is 5.43 Å². The van der Waals surface area contributed by atoms with Crippen molar-refractivity contribution in [3.05, 3.63) is 88.9 Å². The van der Waals surface area contributed by atoms with Gasteiger partial charge >= 0.3 is 0 Å². The van der Waals surface area contributed by atoms with E-state index in [1.54, 1.807) is 35.2 Å². The number of carbonyl (C=O) groups is 1. The lowest BCUT2D eigenvalue weighted by atomic mass is 10.1. The monoisotopic (exact) mass is 499 g/mol. The first-order valence-corrected chi connectivity index (χ1v) is 12.0. The molecule has 0 aromatic heterocycles. The van der Waals surface area contributed by atoms with E-state index < -0.39 is 10.0 Å². The summed E-state index contributed by atoms with van der Waals surface area (Å²) < 4.78 is 23.6. The molecule has 0 saturated carbocycles. The number of para-hydroxylation sites is 2. The summed E-state index contributed by atoms with van der Waals surface area (Å²) in [6.07, 6.45) is 0. The number of fused-ring (bicyclic) bond motifs is 1. The molecule has 4 rings (SSSR count). The molecule has 168 valence electrons. The quantitative estimate of drug-likeness (QED) is 0.366. The highest BCUT2D eigenvalue weighted by atomic mass is 35.5. The predicted octanol–water partition coefficient (Wildman–Crippen LogP) is 3.22. The zero-order valence-corrected chi connectivity index (χ0v) is 19.4. The predicted molar refractivity (Wildman–Crippen MR) is 133 cm³/mol. The van der Waals surface area contributed by atoms with Crippen LogP contribution < -0.4 is 20.8 Å². The number of rotatable bonds is 5. The van der Waals surface area contributed by atoms with Gasteiger partial charge in [0.15, 0.2) is 10.8 Å². The molecule has 0 spiro atoms. The maximum Gasteiger partial charge on any atom is 0.279 e. The molecule has 1 heterocycles. The van der Waals surface area contributed by atoms with Gasteiger partial charge in [0.1, 0.15) is 4.90 Å². The highest BCUT2D eigenvalue weighted by Gasteiger charge is 2.36. The SMILES string of the molecule is NS(=O)(=O)c1ccccc1NC(=S)NN=C1C(=O)N(Cc2ccccc2)c2c(Cl)cccc21. The standard InChI is InChI=1S/C22H18ClN5O3S2/c23-16-10-6-9-15-19(21(29)28(20(15)16)13-14-7-2-1-3-8-14)26-27-22(32)25-17-11-4-5-12-18(17)33(24,30)31/h1-12H,13H2,(H2,24,30,31)(H2,25,27,32). The Morgan fingerprint density at radius 3 is 2.45 bits per heavy atom. The average molecular weight is 500 g/mol. The van der Waals surface area contributed by atoms with Crippen LogP contribution in [0.2, 0.25) is 5.02 Å². The number of nitrogens with one attached hydrogen (secondary N) is 2. The van der Waals surface area contributed by atoms with Crippen molar-refractivity contribution in [3.8, 4) is 0 Å². The van der Waals surface area contributed by atoms with Crippen LogP contribution in [-0.4, -0.2) is 25.1 Å². The second kappa shape index (κ2) is 9.28. The molecule has 1 aliphatic heterocycles. The Morgan fingerprint density at radius 1 is 1.03 bits per heavy atom. The second-order valence-electron chi connectivity index (χ2n) is 7.08. The molecule has 11 heteroatoms. The summed E-state index contributed by atoms with van der Waals surface area (Å²) in [6, 6.07) is 20.7. The third-order valence-corrected chi connectivity index (χ3v) is 6.32. The van der Waals surface area contributed by atoms with Gasteiger partial charge in [-0.25, -0.2) is 13.6 Å². The number of amides is 1. The number of thiocarbonyl (C=S) groups is 1. The third-order valence-electron chi connectivity index (χ3n) is 4.85. The van der Waals surface area contributed by atoms with Crippen molar-refractivity contribution in [2.24, 2.45) is 10.2 Å². The van der Waals surface area contributed by atoms with Crippen LogP contribution in [0.1, 0.15) is 11.1 Å². The van der Waals surface area contributed by atoms with Gasteiger partial charge in [-0.15, -0.1) is 0 Å². The average Bonchev–Trinajstić information content (AvgIpc) is 3.04. The minimum absolute atomic E-state index is 0.0171. The van der Waals surface area contributed by atoms with Crippen molar-refractivity contribution < 1.29 is 13.2 Å². The maximum atomic E-state index is 13.2. The number of primary sulfonamides is 1. The molecule has 0 saturated heterocycles. The van der Waals surface area contributed by atoms with Gasteiger partial charge in [-0.05, 0) is 36.0 Å². The van der Waals surface area contributed by atoms with Crippen molar-refractivity contribution >= 4 is 61.9 Å². The van der Waals surface area contributed by atoms with Crippen LogP contribution in [0.5, 0.6) is 0 Å². The number of halogens is 1. The first kappa shape index (κ1) is 22.9. The highest BCUT2D eigenvalue weighted by molar-refractivity contribution is 7.89. The second-order valence-corrected chi connectivity index (χ2v) is 9.43. The molecule has 0 radical (unpaired) electrons. The number of carbonyl (C=O) groups excluding carboxylic acids is 1. The van der Waals surface area contributed by atoms with E-state index in [0.29, 0.717) is 22.8 Å². The maximum absolute atomic E-state index is 13.2. The van der Waals surface area contributed by atoms with Crippen LogP contribution in [-0.2, 0) is 21.4 Å². The number of hydrazone groups is 1. The summed E-state index contributed by atoms with van der Waals surface area (Å²) in [5.41, 5.74) is 4.98. The fourth-order valence-electron chi connectivity index (χ4n) is 3.43. The Morgan fingerprint density at radius 2 is 1.73 bits per heavy atom. The van der Waals surface area contributed by atoms with E-state index in [-0.39, 0.29) is 27.3 Å². The van der Waals surface area contributed by atoms with Crippen LogP contribution in [0.15, 0.2) is 82.8 Å². The molecular weight excluding hydrogens is 482 g/mol. The molecule has 1 amide bonds. The number of benzene rings is 3. The topological polar surface area (TPSA) is 117 Å². The minimum Gasteiger partial charge on any atom is -0.330 e. The van der Waals surface area contributed by atoms with Crippen molar-refractivity contribution in [2.75, 3.05) is 10.2 Å². The Kier molecular flexibility index (Phi) is 6.43. The van der Waals surface area contributed by atoms with E-state index in [9.17, 15) is 13.2 Å². The van der Waals surface area contributed by atoms with Gasteiger partial charge in [0.25, 0.3) is 5.91 Å². The van der Waals surface area contributed by atoms with Crippen LogP contribution >= 0.6 is 23.8 Å². The van der Waals surface area contributed by atoms with Gasteiger partial charge in [0, 0.05) is 5.56 Å². The summed E-state index contributed by atoms with van der Waals surface area (Å²) in [5, 5.41) is 12.6. The zero-order valence-electron chi connectivity index (χ0n) is 17.0. The van der Waals surface area contributed by atoms with Crippen LogP contribution in [0.3, 0.4) is 0 Å². The molecule has 8 nitrogen and oxygen atoms in total. The molecule has 33 heavy (non-hydrogen) atoms. The number of nitrogens with two attached hydrogens (primary N) is 1. The Bertz CT molecular complexity index is 1380. The summed E-state index contributed by atoms with van der Waals surface area (Å²) >= 11 is 11.6. The minimum atomic E-state index is -3.96. The zero-order chi connectivity index (χ0) is 23.6. The van der Waals surface area contributed by atoms with Gasteiger partial charge in [0.2, 0.25) is 10.0 Å². The lowest BCUT2D eigenvalue weighted by molar-refractivity contribution is -0.112.